The molecule has 0 spiro atoms. The minimum Gasteiger partial charge on any atom is -0.507 e. The van der Waals surface area contributed by atoms with Crippen LogP contribution in [0.25, 0.3) is 5.76 Å². The molecule has 4 heteroatoms. The summed E-state index contributed by atoms with van der Waals surface area (Å²) < 4.78 is 0. The van der Waals surface area contributed by atoms with Crippen molar-refractivity contribution in [2.75, 3.05) is 0 Å². The molecule has 0 bridgehead atoms. The van der Waals surface area contributed by atoms with Crippen molar-refractivity contribution >= 4 is 29.0 Å². The van der Waals surface area contributed by atoms with Crippen molar-refractivity contribution in [1.82, 2.24) is 0 Å². The topological polar surface area (TPSA) is 40.5 Å². The van der Waals surface area contributed by atoms with E-state index in [-0.39, 0.29) is 22.1 Å². The lowest BCUT2D eigenvalue weighted by Gasteiger charge is -2.05. The highest BCUT2D eigenvalue weighted by Gasteiger charge is 2.10. The SMILES string of the molecule is OC(=CC=C1C=CC=C1)c1cc(Cl)cc(Cl)c1O. The molecule has 0 fully saturated rings. The van der Waals surface area contributed by atoms with Gasteiger partial charge in [-0.2, -0.15) is 0 Å². The van der Waals surface area contributed by atoms with E-state index in [0.29, 0.717) is 5.02 Å². The lowest BCUT2D eigenvalue weighted by atomic mass is 10.1. The van der Waals surface area contributed by atoms with E-state index in [1.54, 1.807) is 6.08 Å². The number of aliphatic hydroxyl groups excluding tert-OH is 1. The van der Waals surface area contributed by atoms with Crippen molar-refractivity contribution in [3.63, 3.8) is 0 Å². The van der Waals surface area contributed by atoms with Crippen LogP contribution in [0.4, 0.5) is 0 Å². The van der Waals surface area contributed by atoms with Crippen molar-refractivity contribution < 1.29 is 10.2 Å². The summed E-state index contributed by atoms with van der Waals surface area (Å²) in [6.07, 6.45) is 10.8. The van der Waals surface area contributed by atoms with Crippen molar-refractivity contribution in [3.05, 3.63) is 69.8 Å². The maximum Gasteiger partial charge on any atom is 0.145 e. The Morgan fingerprint density at radius 2 is 1.78 bits per heavy atom. The maximum atomic E-state index is 9.90. The van der Waals surface area contributed by atoms with Crippen LogP contribution in [-0.2, 0) is 0 Å². The van der Waals surface area contributed by atoms with Gasteiger partial charge < -0.3 is 10.2 Å². The average Bonchev–Trinajstić information content (AvgIpc) is 2.83. The van der Waals surface area contributed by atoms with Gasteiger partial charge in [-0.25, -0.2) is 0 Å². The minimum absolute atomic E-state index is 0.0990. The molecule has 0 saturated carbocycles. The van der Waals surface area contributed by atoms with Crippen LogP contribution in [0, 0.1) is 0 Å². The molecule has 1 aliphatic rings. The van der Waals surface area contributed by atoms with Crippen LogP contribution in [0.5, 0.6) is 5.75 Å². The van der Waals surface area contributed by atoms with Crippen LogP contribution < -0.4 is 0 Å². The van der Waals surface area contributed by atoms with Gasteiger partial charge in [0.2, 0.25) is 0 Å². The molecular weight excluding hydrogens is 271 g/mol. The molecule has 18 heavy (non-hydrogen) atoms. The summed E-state index contributed by atoms with van der Waals surface area (Å²) in [5, 5.41) is 20.1. The van der Waals surface area contributed by atoms with Gasteiger partial charge in [-0.1, -0.05) is 53.6 Å². The third kappa shape index (κ3) is 2.78. The number of hydrogen-bond donors (Lipinski definition) is 2. The largest absolute Gasteiger partial charge is 0.507 e. The predicted octanol–water partition coefficient (Wildman–Crippen LogP) is 4.65. The molecule has 2 rings (SSSR count). The lowest BCUT2D eigenvalue weighted by Crippen LogP contribution is -1.85. The monoisotopic (exact) mass is 280 g/mol. The molecular formula is C14H10Cl2O2. The zero-order valence-corrected chi connectivity index (χ0v) is 10.8. The Morgan fingerprint density at radius 1 is 1.11 bits per heavy atom. The highest BCUT2D eigenvalue weighted by atomic mass is 35.5. The van der Waals surface area contributed by atoms with Crippen molar-refractivity contribution in [3.8, 4) is 5.75 Å². The molecule has 1 aromatic carbocycles. The smallest absolute Gasteiger partial charge is 0.145 e. The van der Waals surface area contributed by atoms with Gasteiger partial charge in [0.05, 0.1) is 10.6 Å². The minimum atomic E-state index is -0.189. The van der Waals surface area contributed by atoms with Crippen LogP contribution in [0.3, 0.4) is 0 Å². The second kappa shape index (κ2) is 5.34. The molecule has 0 atom stereocenters. The van der Waals surface area contributed by atoms with Crippen LogP contribution >= 0.6 is 23.2 Å². The lowest BCUT2D eigenvalue weighted by molar-refractivity contribution is 0.460. The first-order valence-corrected chi connectivity index (χ1v) is 5.97. The number of phenolic OH excluding ortho intramolecular Hbond substituents is 1. The Kier molecular flexibility index (Phi) is 3.80. The van der Waals surface area contributed by atoms with Gasteiger partial charge in [-0.05, 0) is 23.8 Å². The standard InChI is InChI=1S/C14H10Cl2O2/c15-10-7-11(14(18)12(16)8-10)13(17)6-5-9-3-1-2-4-9/h1-8,17-18H. The number of benzene rings is 1. The van der Waals surface area contributed by atoms with Crippen molar-refractivity contribution in [2.45, 2.75) is 0 Å². The third-order valence-corrected chi connectivity index (χ3v) is 2.93. The fourth-order valence-corrected chi connectivity index (χ4v) is 2.02. The van der Waals surface area contributed by atoms with Gasteiger partial charge in [0.25, 0.3) is 0 Å². The average molecular weight is 281 g/mol. The van der Waals surface area contributed by atoms with Gasteiger partial charge >= 0.3 is 0 Å². The highest BCUT2D eigenvalue weighted by molar-refractivity contribution is 6.35. The first-order chi connectivity index (χ1) is 8.58. The number of hydrogen-bond acceptors (Lipinski definition) is 2. The molecule has 0 aliphatic heterocycles. The van der Waals surface area contributed by atoms with E-state index in [4.69, 9.17) is 23.2 Å². The van der Waals surface area contributed by atoms with Gasteiger partial charge in [-0.15, -0.1) is 0 Å². The number of aliphatic hydroxyl groups is 1. The summed E-state index contributed by atoms with van der Waals surface area (Å²) >= 11 is 11.6. The van der Waals surface area contributed by atoms with E-state index in [0.717, 1.165) is 5.57 Å². The zero-order valence-electron chi connectivity index (χ0n) is 9.27. The van der Waals surface area contributed by atoms with Gasteiger partial charge in [-0.3, -0.25) is 0 Å². The van der Waals surface area contributed by atoms with Gasteiger partial charge in [0.15, 0.2) is 0 Å². The number of halogens is 2. The fraction of sp³-hybridized carbons (Fsp3) is 0. The molecule has 0 unspecified atom stereocenters. The number of aromatic hydroxyl groups is 1. The van der Waals surface area contributed by atoms with E-state index in [2.05, 4.69) is 0 Å². The Labute approximate surface area is 115 Å². The normalized spacial score (nSPS) is 14.3. The van der Waals surface area contributed by atoms with Crippen molar-refractivity contribution in [1.29, 1.82) is 0 Å². The molecule has 0 saturated heterocycles. The van der Waals surface area contributed by atoms with Crippen LogP contribution in [0.2, 0.25) is 10.0 Å². The maximum absolute atomic E-state index is 9.90. The summed E-state index contributed by atoms with van der Waals surface area (Å²) in [5.41, 5.74) is 1.16. The summed E-state index contributed by atoms with van der Waals surface area (Å²) in [5.74, 6) is -0.288. The summed E-state index contributed by atoms with van der Waals surface area (Å²) in [6.45, 7) is 0. The number of allylic oxidation sites excluding steroid dienone is 7. The van der Waals surface area contributed by atoms with E-state index < -0.39 is 0 Å². The first kappa shape index (κ1) is 12.8. The second-order valence-electron chi connectivity index (χ2n) is 3.72. The third-order valence-electron chi connectivity index (χ3n) is 2.43. The molecule has 0 radical (unpaired) electrons. The summed E-state index contributed by atoms with van der Waals surface area (Å²) in [7, 11) is 0. The van der Waals surface area contributed by atoms with Crippen LogP contribution in [-0.4, -0.2) is 10.2 Å². The van der Waals surface area contributed by atoms with E-state index in [9.17, 15) is 10.2 Å². The van der Waals surface area contributed by atoms with E-state index >= 15 is 0 Å². The molecule has 1 aromatic rings. The Bertz CT molecular complexity index is 582. The van der Waals surface area contributed by atoms with Crippen LogP contribution in [0.15, 0.2) is 54.2 Å². The molecule has 2 nitrogen and oxygen atoms in total. The highest BCUT2D eigenvalue weighted by Crippen LogP contribution is 2.34. The molecule has 1 aliphatic carbocycles. The molecule has 0 amide bonds. The van der Waals surface area contributed by atoms with E-state index in [1.165, 1.54) is 18.2 Å². The fourth-order valence-electron chi connectivity index (χ4n) is 1.53. The summed E-state index contributed by atoms with van der Waals surface area (Å²) in [4.78, 5) is 0. The van der Waals surface area contributed by atoms with Crippen molar-refractivity contribution in [2.24, 2.45) is 0 Å². The zero-order chi connectivity index (χ0) is 13.1. The molecule has 0 aromatic heterocycles. The van der Waals surface area contributed by atoms with E-state index in [1.807, 2.05) is 24.3 Å². The molecule has 2 N–H and O–H groups in total. The number of rotatable bonds is 2. The molecule has 0 heterocycles. The summed E-state index contributed by atoms with van der Waals surface area (Å²) in [6, 6.07) is 2.86. The first-order valence-electron chi connectivity index (χ1n) is 5.22. The Morgan fingerprint density at radius 3 is 2.44 bits per heavy atom. The van der Waals surface area contributed by atoms with Crippen LogP contribution in [0.1, 0.15) is 5.56 Å². The quantitative estimate of drug-likeness (QED) is 0.774. The molecule has 92 valence electrons. The Hall–Kier alpha value is -1.64. The van der Waals surface area contributed by atoms with Gasteiger partial charge in [0.1, 0.15) is 11.5 Å². The van der Waals surface area contributed by atoms with Gasteiger partial charge in [0, 0.05) is 5.02 Å². The Balaban J connectivity index is 2.36. The second-order valence-corrected chi connectivity index (χ2v) is 4.56. The number of phenols is 1. The predicted molar refractivity (Wildman–Crippen MR) is 75.1 cm³/mol.